The Balaban J connectivity index is 2.97. The Morgan fingerprint density at radius 1 is 1.12 bits per heavy atom. The molecule has 0 saturated carbocycles. The van der Waals surface area contributed by atoms with Gasteiger partial charge in [0.1, 0.15) is 0 Å². The molecule has 0 heterocycles. The van der Waals surface area contributed by atoms with Crippen LogP contribution in [0.4, 0.5) is 0 Å². The molecule has 0 aromatic heterocycles. The Kier molecular flexibility index (Phi) is 8.92. The smallest absolute Gasteiger partial charge is 0.242 e. The number of hydrogen-bond acceptors (Lipinski definition) is 3. The third-order valence-corrected chi connectivity index (χ3v) is 6.11. The monoisotopic (exact) mass is 368 g/mol. The van der Waals surface area contributed by atoms with Crippen LogP contribution in [0.15, 0.2) is 34.2 Å². The molecule has 1 aromatic carbocycles. The first-order valence-corrected chi connectivity index (χ1v) is 10.3. The van der Waals surface area contributed by atoms with E-state index < -0.39 is 10.0 Å². The van der Waals surface area contributed by atoms with E-state index >= 15 is 0 Å². The van der Waals surface area contributed by atoms with Crippen molar-refractivity contribution in [2.75, 3.05) is 27.2 Å². The summed E-state index contributed by atoms with van der Waals surface area (Å²) in [5, 5.41) is 6.57. The van der Waals surface area contributed by atoms with Gasteiger partial charge in [-0.05, 0) is 24.5 Å². The van der Waals surface area contributed by atoms with Crippen LogP contribution in [0.2, 0.25) is 0 Å². The maximum atomic E-state index is 12.5. The molecule has 0 spiro atoms. The van der Waals surface area contributed by atoms with Crippen molar-refractivity contribution >= 4 is 16.0 Å². The SMILES string of the molecule is CCNC(=NCc1ccccc1S(=O)(=O)N(C)C)NCC(CC)CC. The van der Waals surface area contributed by atoms with Gasteiger partial charge >= 0.3 is 0 Å². The van der Waals surface area contributed by atoms with Crippen molar-refractivity contribution in [2.45, 2.75) is 45.1 Å². The van der Waals surface area contributed by atoms with Gasteiger partial charge in [0.05, 0.1) is 11.4 Å². The molecule has 0 amide bonds. The van der Waals surface area contributed by atoms with Crippen LogP contribution in [0.1, 0.15) is 39.2 Å². The number of aliphatic imine (C=N–C) groups is 1. The van der Waals surface area contributed by atoms with Crippen molar-refractivity contribution in [3.63, 3.8) is 0 Å². The molecule has 0 radical (unpaired) electrons. The predicted octanol–water partition coefficient (Wildman–Crippen LogP) is 2.43. The number of sulfonamides is 1. The summed E-state index contributed by atoms with van der Waals surface area (Å²) < 4.78 is 26.2. The van der Waals surface area contributed by atoms with Crippen molar-refractivity contribution in [3.8, 4) is 0 Å². The third kappa shape index (κ3) is 6.32. The zero-order valence-corrected chi connectivity index (χ0v) is 16.9. The lowest BCUT2D eigenvalue weighted by Gasteiger charge is -2.17. The van der Waals surface area contributed by atoms with Gasteiger partial charge in [0.15, 0.2) is 5.96 Å². The van der Waals surface area contributed by atoms with Crippen molar-refractivity contribution < 1.29 is 8.42 Å². The zero-order valence-electron chi connectivity index (χ0n) is 16.0. The van der Waals surface area contributed by atoms with E-state index in [1.54, 1.807) is 12.1 Å². The Hall–Kier alpha value is -1.60. The van der Waals surface area contributed by atoms with Gasteiger partial charge < -0.3 is 10.6 Å². The Labute approximate surface area is 152 Å². The van der Waals surface area contributed by atoms with E-state index in [1.807, 2.05) is 19.1 Å². The summed E-state index contributed by atoms with van der Waals surface area (Å²) >= 11 is 0. The molecule has 0 aliphatic carbocycles. The minimum absolute atomic E-state index is 0.305. The fourth-order valence-electron chi connectivity index (χ4n) is 2.41. The zero-order chi connectivity index (χ0) is 18.9. The highest BCUT2D eigenvalue weighted by molar-refractivity contribution is 7.89. The number of hydrogen-bond donors (Lipinski definition) is 2. The molecular weight excluding hydrogens is 336 g/mol. The quantitative estimate of drug-likeness (QED) is 0.519. The fraction of sp³-hybridized carbons (Fsp3) is 0.611. The number of nitrogens with zero attached hydrogens (tertiary/aromatic N) is 2. The molecule has 0 aliphatic rings. The van der Waals surface area contributed by atoms with Crippen molar-refractivity contribution in [3.05, 3.63) is 29.8 Å². The Bertz CT molecular complexity index is 653. The average molecular weight is 369 g/mol. The summed E-state index contributed by atoms with van der Waals surface area (Å²) in [5.74, 6) is 1.32. The predicted molar refractivity (Wildman–Crippen MR) is 104 cm³/mol. The Morgan fingerprint density at radius 3 is 2.32 bits per heavy atom. The van der Waals surface area contributed by atoms with Crippen molar-refractivity contribution in [1.29, 1.82) is 0 Å². The first-order chi connectivity index (χ1) is 11.9. The molecule has 2 N–H and O–H groups in total. The maximum absolute atomic E-state index is 12.5. The van der Waals surface area contributed by atoms with E-state index in [0.29, 0.717) is 28.9 Å². The van der Waals surface area contributed by atoms with Crippen LogP contribution in [-0.4, -0.2) is 45.9 Å². The van der Waals surface area contributed by atoms with Crippen molar-refractivity contribution in [2.24, 2.45) is 10.9 Å². The van der Waals surface area contributed by atoms with Crippen LogP contribution in [0.5, 0.6) is 0 Å². The second-order valence-electron chi connectivity index (χ2n) is 6.15. The van der Waals surface area contributed by atoms with E-state index in [-0.39, 0.29) is 0 Å². The molecule has 1 rings (SSSR count). The van der Waals surface area contributed by atoms with Crippen LogP contribution in [0.3, 0.4) is 0 Å². The summed E-state index contributed by atoms with van der Waals surface area (Å²) in [4.78, 5) is 4.87. The van der Waals surface area contributed by atoms with Gasteiger partial charge in [-0.25, -0.2) is 17.7 Å². The molecular formula is C18H32N4O2S. The largest absolute Gasteiger partial charge is 0.357 e. The highest BCUT2D eigenvalue weighted by Crippen LogP contribution is 2.19. The van der Waals surface area contributed by atoms with Gasteiger partial charge in [-0.1, -0.05) is 44.9 Å². The molecule has 0 bridgehead atoms. The van der Waals surface area contributed by atoms with Gasteiger partial charge in [0, 0.05) is 27.2 Å². The third-order valence-electron chi connectivity index (χ3n) is 4.20. The minimum atomic E-state index is -3.48. The summed E-state index contributed by atoms with van der Waals surface area (Å²) in [7, 11) is -0.401. The summed E-state index contributed by atoms with van der Waals surface area (Å²) in [5.41, 5.74) is 0.691. The number of guanidine groups is 1. The fourth-order valence-corrected chi connectivity index (χ4v) is 3.51. The van der Waals surface area contributed by atoms with Crippen LogP contribution in [0.25, 0.3) is 0 Å². The molecule has 0 aliphatic heterocycles. The molecule has 0 saturated heterocycles. The van der Waals surface area contributed by atoms with Crippen LogP contribution >= 0.6 is 0 Å². The second kappa shape index (κ2) is 10.4. The Morgan fingerprint density at radius 2 is 1.76 bits per heavy atom. The molecule has 7 heteroatoms. The van der Waals surface area contributed by atoms with E-state index in [0.717, 1.165) is 25.9 Å². The number of nitrogens with one attached hydrogen (secondary N) is 2. The van der Waals surface area contributed by atoms with Gasteiger partial charge in [-0.15, -0.1) is 0 Å². The average Bonchev–Trinajstić information content (AvgIpc) is 2.60. The molecule has 0 fully saturated rings. The first kappa shape index (κ1) is 21.4. The van der Waals surface area contributed by atoms with Gasteiger partial charge in [0.2, 0.25) is 10.0 Å². The van der Waals surface area contributed by atoms with Crippen LogP contribution < -0.4 is 10.6 Å². The topological polar surface area (TPSA) is 73.8 Å². The van der Waals surface area contributed by atoms with Crippen LogP contribution in [-0.2, 0) is 16.6 Å². The van der Waals surface area contributed by atoms with Crippen LogP contribution in [0, 0.1) is 5.92 Å². The van der Waals surface area contributed by atoms with Gasteiger partial charge in [0.25, 0.3) is 0 Å². The highest BCUT2D eigenvalue weighted by Gasteiger charge is 2.20. The number of benzene rings is 1. The summed E-state index contributed by atoms with van der Waals surface area (Å²) in [6, 6.07) is 7.01. The molecule has 25 heavy (non-hydrogen) atoms. The highest BCUT2D eigenvalue weighted by atomic mass is 32.2. The second-order valence-corrected chi connectivity index (χ2v) is 8.27. The number of rotatable bonds is 9. The molecule has 142 valence electrons. The van der Waals surface area contributed by atoms with E-state index in [1.165, 1.54) is 18.4 Å². The lowest BCUT2D eigenvalue weighted by molar-refractivity contribution is 0.481. The summed E-state index contributed by atoms with van der Waals surface area (Å²) in [6.07, 6.45) is 2.24. The molecule has 1 aromatic rings. The molecule has 0 atom stereocenters. The maximum Gasteiger partial charge on any atom is 0.242 e. The lowest BCUT2D eigenvalue weighted by Crippen LogP contribution is -2.39. The minimum Gasteiger partial charge on any atom is -0.357 e. The standard InChI is InChI=1S/C18H32N4O2S/c1-6-15(7-2)13-20-18(19-8-3)21-14-16-11-9-10-12-17(16)25(23,24)22(4)5/h9-12,15H,6-8,13-14H2,1-5H3,(H2,19,20,21). The van der Waals surface area contributed by atoms with Gasteiger partial charge in [-0.3, -0.25) is 0 Å². The van der Waals surface area contributed by atoms with Gasteiger partial charge in [-0.2, -0.15) is 0 Å². The lowest BCUT2D eigenvalue weighted by atomic mass is 10.0. The molecule has 0 unspecified atom stereocenters. The van der Waals surface area contributed by atoms with Crippen molar-refractivity contribution in [1.82, 2.24) is 14.9 Å². The molecule has 6 nitrogen and oxygen atoms in total. The normalized spacial score (nSPS) is 12.7. The first-order valence-electron chi connectivity index (χ1n) is 8.89. The van der Waals surface area contributed by atoms with E-state index in [9.17, 15) is 8.42 Å². The van der Waals surface area contributed by atoms with E-state index in [2.05, 4.69) is 29.5 Å². The summed E-state index contributed by atoms with van der Waals surface area (Å²) in [6.45, 7) is 8.30. The van der Waals surface area contributed by atoms with E-state index in [4.69, 9.17) is 0 Å².